The van der Waals surface area contributed by atoms with Gasteiger partial charge in [0, 0.05) is 25.0 Å². The number of nitrogens with one attached hydrogen (secondary N) is 1. The van der Waals surface area contributed by atoms with Crippen LogP contribution in [0.15, 0.2) is 30.9 Å². The monoisotopic (exact) mass is 289 g/mol. The first-order valence-electron chi connectivity index (χ1n) is 6.30. The number of aromatic amines is 1. The van der Waals surface area contributed by atoms with Gasteiger partial charge >= 0.3 is 0 Å². The van der Waals surface area contributed by atoms with Crippen LogP contribution in [0.25, 0.3) is 11.2 Å². The number of pyridine rings is 1. The average molecular weight is 289 g/mol. The van der Waals surface area contributed by atoms with Gasteiger partial charge in [-0.2, -0.15) is 4.98 Å². The van der Waals surface area contributed by atoms with Gasteiger partial charge < -0.3 is 14.3 Å². The molecule has 0 fully saturated rings. The number of H-pyrrole nitrogens is 1. The smallest absolute Gasteiger partial charge is 0.215 e. The topological polar surface area (TPSA) is 60.7 Å². The first-order valence-corrected chi connectivity index (χ1v) is 6.71. The number of aromatic nitrogens is 5. The van der Waals surface area contributed by atoms with Crippen molar-refractivity contribution in [1.29, 1.82) is 0 Å². The van der Waals surface area contributed by atoms with Gasteiger partial charge in [0.1, 0.15) is 0 Å². The van der Waals surface area contributed by atoms with E-state index in [-0.39, 0.29) is 6.04 Å². The predicted octanol–water partition coefficient (Wildman–Crippen LogP) is 2.56. The van der Waals surface area contributed by atoms with E-state index in [4.69, 9.17) is 17.0 Å². The van der Waals surface area contributed by atoms with Crippen LogP contribution in [0.3, 0.4) is 0 Å². The van der Waals surface area contributed by atoms with Gasteiger partial charge in [0.05, 0.1) is 25.0 Å². The molecule has 0 spiro atoms. The van der Waals surface area contributed by atoms with E-state index in [1.807, 2.05) is 27.5 Å². The minimum Gasteiger partial charge on any atom is -0.481 e. The van der Waals surface area contributed by atoms with Crippen molar-refractivity contribution in [3.8, 4) is 5.88 Å². The van der Waals surface area contributed by atoms with Crippen LogP contribution in [0, 0.1) is 4.77 Å². The van der Waals surface area contributed by atoms with Crippen molar-refractivity contribution in [2.45, 2.75) is 19.5 Å². The summed E-state index contributed by atoms with van der Waals surface area (Å²) < 4.78 is 9.87. The summed E-state index contributed by atoms with van der Waals surface area (Å²) >= 11 is 5.41. The fourth-order valence-electron chi connectivity index (χ4n) is 2.29. The molecule has 20 heavy (non-hydrogen) atoms. The molecule has 7 heteroatoms. The van der Waals surface area contributed by atoms with Crippen molar-refractivity contribution in [3.63, 3.8) is 0 Å². The molecule has 0 aromatic carbocycles. The van der Waals surface area contributed by atoms with Gasteiger partial charge in [-0.1, -0.05) is 0 Å². The van der Waals surface area contributed by atoms with Gasteiger partial charge in [-0.05, 0) is 25.2 Å². The number of ether oxygens (including phenoxy) is 1. The summed E-state index contributed by atoms with van der Waals surface area (Å²) in [5.74, 6) is 0.579. The van der Waals surface area contributed by atoms with Crippen molar-refractivity contribution in [2.75, 3.05) is 7.11 Å². The summed E-state index contributed by atoms with van der Waals surface area (Å²) in [5, 5.41) is 0. The third-order valence-electron chi connectivity index (χ3n) is 3.22. The first-order chi connectivity index (χ1) is 9.69. The second-order valence-corrected chi connectivity index (χ2v) is 5.02. The molecular formula is C13H15N5OS. The summed E-state index contributed by atoms with van der Waals surface area (Å²) in [4.78, 5) is 11.7. The van der Waals surface area contributed by atoms with E-state index in [0.717, 1.165) is 17.7 Å². The molecular weight excluding hydrogens is 274 g/mol. The maximum Gasteiger partial charge on any atom is 0.215 e. The summed E-state index contributed by atoms with van der Waals surface area (Å²) in [5.41, 5.74) is 1.72. The predicted molar refractivity (Wildman–Crippen MR) is 78.4 cm³/mol. The third-order valence-corrected chi connectivity index (χ3v) is 3.52. The molecule has 0 amide bonds. The molecule has 1 atom stereocenters. The lowest BCUT2D eigenvalue weighted by Gasteiger charge is -2.14. The molecule has 0 radical (unpaired) electrons. The Balaban J connectivity index is 2.05. The summed E-state index contributed by atoms with van der Waals surface area (Å²) in [6.07, 6.45) is 5.49. The van der Waals surface area contributed by atoms with Crippen LogP contribution in [0.4, 0.5) is 0 Å². The van der Waals surface area contributed by atoms with Crippen molar-refractivity contribution >= 4 is 23.4 Å². The third kappa shape index (κ3) is 2.20. The Labute approximate surface area is 121 Å². The van der Waals surface area contributed by atoms with Crippen LogP contribution in [-0.2, 0) is 6.54 Å². The Morgan fingerprint density at radius 3 is 3.00 bits per heavy atom. The molecule has 0 bridgehead atoms. The second-order valence-electron chi connectivity index (χ2n) is 4.63. The van der Waals surface area contributed by atoms with Crippen LogP contribution in [0.1, 0.15) is 13.0 Å². The Kier molecular flexibility index (Phi) is 3.27. The van der Waals surface area contributed by atoms with Crippen LogP contribution in [0.5, 0.6) is 5.88 Å². The number of nitrogens with zero attached hydrogens (tertiary/aromatic N) is 4. The van der Waals surface area contributed by atoms with E-state index < -0.39 is 0 Å². The Morgan fingerprint density at radius 1 is 1.45 bits per heavy atom. The van der Waals surface area contributed by atoms with Gasteiger partial charge in [0.25, 0.3) is 0 Å². The molecule has 3 rings (SSSR count). The van der Waals surface area contributed by atoms with Crippen molar-refractivity contribution < 1.29 is 4.74 Å². The zero-order chi connectivity index (χ0) is 14.1. The molecule has 0 saturated carbocycles. The van der Waals surface area contributed by atoms with Gasteiger partial charge in [-0.25, -0.2) is 4.98 Å². The van der Waals surface area contributed by atoms with Gasteiger partial charge in [0.15, 0.2) is 10.4 Å². The highest BCUT2D eigenvalue weighted by Gasteiger charge is 2.13. The minimum absolute atomic E-state index is 0.157. The van der Waals surface area contributed by atoms with Crippen molar-refractivity contribution in [1.82, 2.24) is 24.1 Å². The summed E-state index contributed by atoms with van der Waals surface area (Å²) in [7, 11) is 1.61. The highest BCUT2D eigenvalue weighted by Crippen LogP contribution is 2.21. The minimum atomic E-state index is 0.157. The number of fused-ring (bicyclic) bond motifs is 1. The van der Waals surface area contributed by atoms with Crippen LogP contribution < -0.4 is 4.74 Å². The fraction of sp³-hybridized carbons (Fsp3) is 0.308. The Bertz CT molecular complexity index is 774. The molecule has 1 N–H and O–H groups in total. The largest absolute Gasteiger partial charge is 0.481 e. The molecule has 0 saturated heterocycles. The Morgan fingerprint density at radius 2 is 2.30 bits per heavy atom. The molecule has 104 valence electrons. The quantitative estimate of drug-likeness (QED) is 0.750. The van der Waals surface area contributed by atoms with Crippen LogP contribution >= 0.6 is 12.2 Å². The van der Waals surface area contributed by atoms with E-state index >= 15 is 0 Å². The van der Waals surface area contributed by atoms with Gasteiger partial charge in [0.2, 0.25) is 5.88 Å². The lowest BCUT2D eigenvalue weighted by Crippen LogP contribution is -2.12. The molecule has 1 unspecified atom stereocenters. The van der Waals surface area contributed by atoms with E-state index in [9.17, 15) is 0 Å². The zero-order valence-electron chi connectivity index (χ0n) is 11.3. The van der Waals surface area contributed by atoms with E-state index in [2.05, 4.69) is 21.9 Å². The highest BCUT2D eigenvalue weighted by molar-refractivity contribution is 7.71. The highest BCUT2D eigenvalue weighted by atomic mass is 32.1. The molecule has 3 aromatic heterocycles. The first kappa shape index (κ1) is 12.9. The fourth-order valence-corrected chi connectivity index (χ4v) is 2.66. The maximum atomic E-state index is 5.41. The number of hydrogen-bond donors (Lipinski definition) is 1. The zero-order valence-corrected chi connectivity index (χ0v) is 12.1. The number of methoxy groups -OCH3 is 1. The van der Waals surface area contributed by atoms with Crippen LogP contribution in [-0.4, -0.2) is 31.2 Å². The lowest BCUT2D eigenvalue weighted by molar-refractivity contribution is 0.397. The van der Waals surface area contributed by atoms with Crippen LogP contribution in [0.2, 0.25) is 0 Å². The lowest BCUT2D eigenvalue weighted by atomic mass is 10.3. The van der Waals surface area contributed by atoms with Gasteiger partial charge in [-0.3, -0.25) is 4.57 Å². The van der Waals surface area contributed by atoms with E-state index in [0.29, 0.717) is 10.7 Å². The number of imidazole rings is 2. The van der Waals surface area contributed by atoms with Crippen molar-refractivity contribution in [3.05, 3.63) is 35.6 Å². The number of rotatable bonds is 4. The maximum absolute atomic E-state index is 5.41. The second kappa shape index (κ2) is 5.09. The Hall–Kier alpha value is -2.15. The average Bonchev–Trinajstić information content (AvgIpc) is 3.04. The molecule has 3 aromatic rings. The molecule has 0 aliphatic carbocycles. The van der Waals surface area contributed by atoms with E-state index in [1.54, 1.807) is 19.6 Å². The summed E-state index contributed by atoms with van der Waals surface area (Å²) in [6, 6.07) is 3.90. The van der Waals surface area contributed by atoms with Gasteiger partial charge in [-0.15, -0.1) is 0 Å². The van der Waals surface area contributed by atoms with E-state index in [1.165, 1.54) is 0 Å². The molecule has 6 nitrogen and oxygen atoms in total. The standard InChI is InChI=1S/C13H15N5OS/c1-9(7-17-6-5-14-8-17)18-12-10(15-13(18)20)3-4-11(16-12)19-2/h3-6,8-9H,7H2,1-2H3,(H,15,20). The molecule has 0 aliphatic heterocycles. The molecule has 0 aliphatic rings. The normalized spacial score (nSPS) is 12.7. The number of hydrogen-bond acceptors (Lipinski definition) is 4. The SMILES string of the molecule is COc1ccc2[nH]c(=S)n(C(C)Cn3ccnc3)c2n1. The molecule has 3 heterocycles. The van der Waals surface area contributed by atoms with Crippen molar-refractivity contribution in [2.24, 2.45) is 0 Å². The summed E-state index contributed by atoms with van der Waals surface area (Å²) in [6.45, 7) is 2.88.